The van der Waals surface area contributed by atoms with Crippen molar-refractivity contribution in [1.29, 1.82) is 0 Å². The second kappa shape index (κ2) is 43.8. The summed E-state index contributed by atoms with van der Waals surface area (Å²) in [6.45, 7) is 4.12. The number of allylic oxidation sites excluding steroid dienone is 2. The van der Waals surface area contributed by atoms with Gasteiger partial charge in [-0.2, -0.15) is 0 Å². The second-order valence-corrected chi connectivity index (χ2v) is 16.7. The van der Waals surface area contributed by atoms with Crippen molar-refractivity contribution in [3.63, 3.8) is 0 Å². The van der Waals surface area contributed by atoms with Gasteiger partial charge in [-0.05, 0) is 38.5 Å². The van der Waals surface area contributed by atoms with E-state index in [2.05, 4.69) is 31.3 Å². The Kier molecular flexibility index (Phi) is 43.1. The van der Waals surface area contributed by atoms with Crippen molar-refractivity contribution in [2.24, 2.45) is 0 Å². The summed E-state index contributed by atoms with van der Waals surface area (Å²) in [6, 6.07) is -0.819. The molecule has 0 heterocycles. The van der Waals surface area contributed by atoms with Crippen molar-refractivity contribution < 1.29 is 20.1 Å². The largest absolute Gasteiger partial charge is 0.394 e. The summed E-state index contributed by atoms with van der Waals surface area (Å²) < 4.78 is 0. The first-order valence-corrected chi connectivity index (χ1v) is 24.0. The summed E-state index contributed by atoms with van der Waals surface area (Å²) in [5, 5.41) is 33.3. The van der Waals surface area contributed by atoms with Crippen LogP contribution < -0.4 is 5.32 Å². The average Bonchev–Trinajstić information content (AvgIpc) is 3.16. The van der Waals surface area contributed by atoms with E-state index in [1.165, 1.54) is 199 Å². The van der Waals surface area contributed by atoms with Crippen LogP contribution in [0.2, 0.25) is 0 Å². The maximum atomic E-state index is 12.4. The van der Waals surface area contributed by atoms with Crippen LogP contribution in [0.3, 0.4) is 0 Å². The summed E-state index contributed by atoms with van der Waals surface area (Å²) in [5.41, 5.74) is 0. The van der Waals surface area contributed by atoms with Crippen molar-refractivity contribution in [1.82, 2.24) is 5.32 Å². The molecule has 0 spiro atoms. The van der Waals surface area contributed by atoms with Gasteiger partial charge < -0.3 is 20.6 Å². The average molecular weight is 750 g/mol. The molecule has 316 valence electrons. The first kappa shape index (κ1) is 52.1. The lowest BCUT2D eigenvalue weighted by Gasteiger charge is -2.26. The van der Waals surface area contributed by atoms with Crippen LogP contribution in [0.5, 0.6) is 0 Å². The number of nitrogens with one attached hydrogen (secondary N) is 1. The van der Waals surface area contributed by atoms with E-state index in [1.807, 2.05) is 0 Å². The summed E-state index contributed by atoms with van der Waals surface area (Å²) >= 11 is 0. The minimum Gasteiger partial charge on any atom is -0.394 e. The van der Waals surface area contributed by atoms with Gasteiger partial charge in [0.15, 0.2) is 0 Å². The van der Waals surface area contributed by atoms with E-state index < -0.39 is 18.2 Å². The number of aliphatic hydroxyl groups is 3. The topological polar surface area (TPSA) is 89.8 Å². The molecule has 0 aromatic heterocycles. The summed E-state index contributed by atoms with van der Waals surface area (Å²) in [5.74, 6) is -0.152. The Hall–Kier alpha value is -0.910. The van der Waals surface area contributed by atoms with E-state index >= 15 is 0 Å². The van der Waals surface area contributed by atoms with Gasteiger partial charge in [-0.25, -0.2) is 0 Å². The van der Waals surface area contributed by atoms with Crippen molar-refractivity contribution in [3.8, 4) is 0 Å². The lowest BCUT2D eigenvalue weighted by molar-refractivity contribution is -0.124. The van der Waals surface area contributed by atoms with Crippen LogP contribution in [0.1, 0.15) is 264 Å². The van der Waals surface area contributed by atoms with Gasteiger partial charge in [0.05, 0.1) is 18.8 Å². The quantitative estimate of drug-likeness (QED) is 0.0369. The molecule has 0 aromatic carbocycles. The van der Waals surface area contributed by atoms with Gasteiger partial charge in [0, 0.05) is 6.42 Å². The highest BCUT2D eigenvalue weighted by atomic mass is 16.3. The number of carbonyl (C=O) groups excluding carboxylic acids is 1. The van der Waals surface area contributed by atoms with Gasteiger partial charge in [0.1, 0.15) is 6.10 Å². The van der Waals surface area contributed by atoms with E-state index in [0.717, 1.165) is 38.5 Å². The first-order chi connectivity index (χ1) is 26.1. The van der Waals surface area contributed by atoms with Gasteiger partial charge in [-0.15, -0.1) is 0 Å². The van der Waals surface area contributed by atoms with Crippen LogP contribution in [0.4, 0.5) is 0 Å². The van der Waals surface area contributed by atoms with Crippen LogP contribution in [0.25, 0.3) is 0 Å². The summed E-state index contributed by atoms with van der Waals surface area (Å²) in [6.07, 6.45) is 52.4. The van der Waals surface area contributed by atoms with Crippen LogP contribution >= 0.6 is 0 Å². The normalized spacial score (nSPS) is 13.5. The second-order valence-electron chi connectivity index (χ2n) is 16.7. The number of carbonyl (C=O) groups is 1. The number of aliphatic hydroxyl groups excluding tert-OH is 3. The maximum Gasteiger partial charge on any atom is 0.220 e. The fourth-order valence-electron chi connectivity index (χ4n) is 7.63. The standard InChI is InChI=1S/C48H95NO4/c1-3-5-7-9-11-13-14-15-16-17-18-19-20-21-22-23-24-25-26-27-28-29-30-31-32-33-34-35-37-39-41-43-47(52)49-45(44-50)48(53)46(51)42-40-38-36-12-10-8-6-4-2/h12,36,45-46,48,50-51,53H,3-11,13-35,37-44H2,1-2H3,(H,49,52)/b36-12+. The van der Waals surface area contributed by atoms with Crippen molar-refractivity contribution in [2.75, 3.05) is 6.61 Å². The van der Waals surface area contributed by atoms with Crippen molar-refractivity contribution >= 4 is 5.91 Å². The minimum atomic E-state index is -1.15. The van der Waals surface area contributed by atoms with Gasteiger partial charge in [0.25, 0.3) is 0 Å². The molecule has 0 radical (unpaired) electrons. The molecule has 0 aliphatic carbocycles. The van der Waals surface area contributed by atoms with E-state index in [9.17, 15) is 20.1 Å². The molecule has 4 N–H and O–H groups in total. The molecule has 0 fully saturated rings. The number of unbranched alkanes of at least 4 members (excludes halogenated alkanes) is 34. The molecule has 0 aliphatic rings. The Bertz CT molecular complexity index is 743. The highest BCUT2D eigenvalue weighted by Crippen LogP contribution is 2.17. The SMILES string of the molecule is CCCCC/C=C/CCCC(O)C(O)C(CO)NC(=O)CCCCCCCCCCCCCCCCCCCCCCCCCCCCCCCCC. The van der Waals surface area contributed by atoms with Crippen molar-refractivity contribution in [2.45, 2.75) is 283 Å². The molecule has 0 aliphatic heterocycles. The highest BCUT2D eigenvalue weighted by molar-refractivity contribution is 5.76. The van der Waals surface area contributed by atoms with E-state index in [1.54, 1.807) is 0 Å². The fraction of sp³-hybridized carbons (Fsp3) is 0.938. The minimum absolute atomic E-state index is 0.152. The molecule has 3 unspecified atom stereocenters. The molecular formula is C48H95NO4. The Morgan fingerprint density at radius 1 is 0.453 bits per heavy atom. The molecule has 0 rings (SSSR count). The van der Waals surface area contributed by atoms with Crippen molar-refractivity contribution in [3.05, 3.63) is 12.2 Å². The first-order valence-electron chi connectivity index (χ1n) is 24.0. The van der Waals surface area contributed by atoms with Crippen LogP contribution in [-0.4, -0.2) is 46.1 Å². The smallest absolute Gasteiger partial charge is 0.220 e. The zero-order valence-electron chi connectivity index (χ0n) is 35.9. The Morgan fingerprint density at radius 3 is 1.09 bits per heavy atom. The van der Waals surface area contributed by atoms with Crippen LogP contribution in [0.15, 0.2) is 12.2 Å². The molecule has 5 heteroatoms. The van der Waals surface area contributed by atoms with Crippen LogP contribution in [0, 0.1) is 0 Å². The fourth-order valence-corrected chi connectivity index (χ4v) is 7.63. The third-order valence-corrected chi connectivity index (χ3v) is 11.4. The predicted molar refractivity (Wildman–Crippen MR) is 232 cm³/mol. The zero-order chi connectivity index (χ0) is 38.7. The molecule has 53 heavy (non-hydrogen) atoms. The third-order valence-electron chi connectivity index (χ3n) is 11.4. The highest BCUT2D eigenvalue weighted by Gasteiger charge is 2.26. The third kappa shape index (κ3) is 39.1. The monoisotopic (exact) mass is 750 g/mol. The van der Waals surface area contributed by atoms with E-state index in [4.69, 9.17) is 0 Å². The van der Waals surface area contributed by atoms with Gasteiger partial charge in [0.2, 0.25) is 5.91 Å². The van der Waals surface area contributed by atoms with Crippen LogP contribution in [-0.2, 0) is 4.79 Å². The number of rotatable bonds is 44. The number of hydrogen-bond acceptors (Lipinski definition) is 4. The van der Waals surface area contributed by atoms with E-state index in [0.29, 0.717) is 12.8 Å². The summed E-state index contributed by atoms with van der Waals surface area (Å²) in [7, 11) is 0. The predicted octanol–water partition coefficient (Wildman–Crippen LogP) is 14.0. The number of hydrogen-bond donors (Lipinski definition) is 4. The Labute approximate surface area is 331 Å². The van der Waals surface area contributed by atoms with Gasteiger partial charge in [-0.1, -0.05) is 231 Å². The summed E-state index contributed by atoms with van der Waals surface area (Å²) in [4.78, 5) is 12.4. The lowest BCUT2D eigenvalue weighted by atomic mass is 10.0. The lowest BCUT2D eigenvalue weighted by Crippen LogP contribution is -2.50. The van der Waals surface area contributed by atoms with E-state index in [-0.39, 0.29) is 12.5 Å². The molecule has 0 saturated heterocycles. The number of amides is 1. The molecule has 0 saturated carbocycles. The zero-order valence-corrected chi connectivity index (χ0v) is 35.9. The Balaban J connectivity index is 3.41. The molecule has 1 amide bonds. The van der Waals surface area contributed by atoms with Gasteiger partial charge in [-0.3, -0.25) is 4.79 Å². The maximum absolute atomic E-state index is 12.4. The molecule has 0 aromatic rings. The Morgan fingerprint density at radius 2 is 0.755 bits per heavy atom. The molecule has 0 bridgehead atoms. The molecule has 3 atom stereocenters. The van der Waals surface area contributed by atoms with Gasteiger partial charge >= 0.3 is 0 Å². The molecular weight excluding hydrogens is 655 g/mol. The molecule has 5 nitrogen and oxygen atoms in total.